The fourth-order valence-electron chi connectivity index (χ4n) is 1.72. The topological polar surface area (TPSA) is 84.2 Å². The third-order valence-corrected chi connectivity index (χ3v) is 2.55. The number of hydrogen-bond donors (Lipinski definition) is 3. The van der Waals surface area contributed by atoms with Gasteiger partial charge in [0.05, 0.1) is 0 Å². The van der Waals surface area contributed by atoms with E-state index in [2.05, 4.69) is 10.6 Å². The lowest BCUT2D eigenvalue weighted by Gasteiger charge is -2.09. The Kier molecular flexibility index (Phi) is 8.66. The van der Waals surface area contributed by atoms with Crippen LogP contribution in [0.4, 0.5) is 11.4 Å². The van der Waals surface area contributed by atoms with Crippen LogP contribution >= 0.6 is 12.4 Å². The number of rotatable bonds is 6. The Morgan fingerprint density at radius 2 is 1.33 bits per heavy atom. The van der Waals surface area contributed by atoms with E-state index in [4.69, 9.17) is 5.73 Å². The van der Waals surface area contributed by atoms with E-state index in [9.17, 15) is 9.59 Å². The molecule has 0 saturated carbocycles. The molecule has 1 rings (SSSR count). The summed E-state index contributed by atoms with van der Waals surface area (Å²) in [6, 6.07) is 6.87. The second-order valence-electron chi connectivity index (χ2n) is 5.45. The van der Waals surface area contributed by atoms with Crippen molar-refractivity contribution in [2.45, 2.75) is 39.7 Å². The van der Waals surface area contributed by atoms with Gasteiger partial charge in [0.25, 0.3) is 0 Å². The minimum Gasteiger partial charge on any atom is -0.327 e. The summed E-state index contributed by atoms with van der Waals surface area (Å²) < 4.78 is 0. The first kappa shape index (κ1) is 19.4. The van der Waals surface area contributed by atoms with Crippen molar-refractivity contribution in [1.29, 1.82) is 0 Å². The molecular formula is C15H24ClN3O2. The molecule has 0 saturated heterocycles. The van der Waals surface area contributed by atoms with Crippen LogP contribution in [-0.2, 0) is 9.59 Å². The summed E-state index contributed by atoms with van der Waals surface area (Å²) in [6.45, 7) is 5.78. The quantitative estimate of drug-likeness (QED) is 0.755. The van der Waals surface area contributed by atoms with Crippen LogP contribution in [0.5, 0.6) is 0 Å². The molecule has 0 heterocycles. The van der Waals surface area contributed by atoms with Crippen LogP contribution < -0.4 is 16.4 Å². The Hall–Kier alpha value is -1.59. The molecule has 0 bridgehead atoms. The number of carbonyl (C=O) groups excluding carboxylic acids is 2. The van der Waals surface area contributed by atoms with Gasteiger partial charge in [-0.3, -0.25) is 9.59 Å². The molecule has 118 valence electrons. The zero-order valence-electron chi connectivity index (χ0n) is 12.7. The Morgan fingerprint density at radius 1 is 0.952 bits per heavy atom. The van der Waals surface area contributed by atoms with Gasteiger partial charge in [-0.25, -0.2) is 0 Å². The summed E-state index contributed by atoms with van der Waals surface area (Å²) in [5.74, 6) is 0.206. The summed E-state index contributed by atoms with van der Waals surface area (Å²) in [5.41, 5.74) is 6.97. The average Bonchev–Trinajstić information content (AvgIpc) is 2.29. The van der Waals surface area contributed by atoms with E-state index in [1.54, 1.807) is 31.2 Å². The maximum absolute atomic E-state index is 11.6. The van der Waals surface area contributed by atoms with Gasteiger partial charge in [-0.15, -0.1) is 12.4 Å². The van der Waals surface area contributed by atoms with Crippen molar-refractivity contribution in [3.8, 4) is 0 Å². The molecule has 21 heavy (non-hydrogen) atoms. The number of amides is 2. The first-order valence-corrected chi connectivity index (χ1v) is 6.82. The smallest absolute Gasteiger partial charge is 0.225 e. The van der Waals surface area contributed by atoms with Crippen LogP contribution in [0.25, 0.3) is 0 Å². The second-order valence-corrected chi connectivity index (χ2v) is 5.45. The molecule has 1 unspecified atom stereocenters. The van der Waals surface area contributed by atoms with E-state index < -0.39 is 0 Å². The zero-order valence-corrected chi connectivity index (χ0v) is 13.5. The zero-order chi connectivity index (χ0) is 15.1. The lowest BCUT2D eigenvalue weighted by Crippen LogP contribution is -2.23. The summed E-state index contributed by atoms with van der Waals surface area (Å²) in [4.78, 5) is 23.2. The minimum atomic E-state index is -0.162. The standard InChI is InChI=1S/C15H23N3O2.ClH/c1-10(2)8-14(19)17-12-4-6-13(7-5-12)18-15(20)9-11(3)16;/h4-7,10-11H,8-9,16H2,1-3H3,(H,17,19)(H,18,20);1H. The summed E-state index contributed by atoms with van der Waals surface area (Å²) in [6.07, 6.45) is 0.778. The number of nitrogens with two attached hydrogens (primary N) is 1. The van der Waals surface area contributed by atoms with Crippen LogP contribution in [0, 0.1) is 5.92 Å². The molecule has 0 aliphatic heterocycles. The molecule has 0 fully saturated rings. The summed E-state index contributed by atoms with van der Waals surface area (Å²) >= 11 is 0. The third-order valence-electron chi connectivity index (χ3n) is 2.55. The molecule has 0 aromatic heterocycles. The van der Waals surface area contributed by atoms with Crippen molar-refractivity contribution in [3.63, 3.8) is 0 Å². The van der Waals surface area contributed by atoms with Crippen LogP contribution in [0.15, 0.2) is 24.3 Å². The number of hydrogen-bond acceptors (Lipinski definition) is 3. The Morgan fingerprint density at radius 3 is 1.67 bits per heavy atom. The van der Waals surface area contributed by atoms with Gasteiger partial charge in [-0.05, 0) is 37.1 Å². The lowest BCUT2D eigenvalue weighted by atomic mass is 10.1. The molecular weight excluding hydrogens is 290 g/mol. The van der Waals surface area contributed by atoms with E-state index in [1.165, 1.54) is 0 Å². The molecule has 1 atom stereocenters. The van der Waals surface area contributed by atoms with Gasteiger partial charge in [0, 0.05) is 30.3 Å². The van der Waals surface area contributed by atoms with Gasteiger partial charge in [-0.1, -0.05) is 13.8 Å². The second kappa shape index (κ2) is 9.37. The Balaban J connectivity index is 0.00000400. The fraction of sp³-hybridized carbons (Fsp3) is 0.467. The predicted octanol–water partition coefficient (Wildman–Crippen LogP) is 2.77. The minimum absolute atomic E-state index is 0. The number of nitrogens with one attached hydrogen (secondary N) is 2. The largest absolute Gasteiger partial charge is 0.327 e. The third kappa shape index (κ3) is 8.32. The number of benzene rings is 1. The number of carbonyl (C=O) groups is 2. The van der Waals surface area contributed by atoms with E-state index >= 15 is 0 Å². The van der Waals surface area contributed by atoms with E-state index in [0.717, 1.165) is 5.69 Å². The first-order valence-electron chi connectivity index (χ1n) is 6.82. The van der Waals surface area contributed by atoms with Crippen molar-refractivity contribution in [2.24, 2.45) is 11.7 Å². The molecule has 6 heteroatoms. The van der Waals surface area contributed by atoms with E-state index in [1.807, 2.05) is 13.8 Å². The highest BCUT2D eigenvalue weighted by Crippen LogP contribution is 2.14. The van der Waals surface area contributed by atoms with Crippen molar-refractivity contribution in [2.75, 3.05) is 10.6 Å². The van der Waals surface area contributed by atoms with Gasteiger partial charge in [0.1, 0.15) is 0 Å². The monoisotopic (exact) mass is 313 g/mol. The molecule has 5 nitrogen and oxygen atoms in total. The normalized spacial score (nSPS) is 11.5. The molecule has 0 spiro atoms. The highest BCUT2D eigenvalue weighted by atomic mass is 35.5. The van der Waals surface area contributed by atoms with Crippen molar-refractivity contribution >= 4 is 35.6 Å². The number of anilines is 2. The Bertz CT molecular complexity index is 415. The molecule has 4 N–H and O–H groups in total. The van der Waals surface area contributed by atoms with Crippen molar-refractivity contribution in [1.82, 2.24) is 0 Å². The molecule has 0 aliphatic carbocycles. The van der Waals surface area contributed by atoms with Crippen LogP contribution in [0.2, 0.25) is 0 Å². The molecule has 0 aliphatic rings. The molecule has 1 aromatic carbocycles. The summed E-state index contributed by atoms with van der Waals surface area (Å²) in [5, 5.41) is 5.57. The average molecular weight is 314 g/mol. The lowest BCUT2D eigenvalue weighted by molar-refractivity contribution is -0.117. The van der Waals surface area contributed by atoms with Gasteiger partial charge >= 0.3 is 0 Å². The SMILES string of the molecule is CC(C)CC(=O)Nc1ccc(NC(=O)CC(C)N)cc1.Cl. The van der Waals surface area contributed by atoms with Crippen LogP contribution in [0.3, 0.4) is 0 Å². The maximum Gasteiger partial charge on any atom is 0.225 e. The van der Waals surface area contributed by atoms with E-state index in [-0.39, 0.29) is 36.7 Å². The van der Waals surface area contributed by atoms with Gasteiger partial charge in [0.2, 0.25) is 11.8 Å². The van der Waals surface area contributed by atoms with Crippen LogP contribution in [-0.4, -0.2) is 17.9 Å². The van der Waals surface area contributed by atoms with Gasteiger partial charge in [0.15, 0.2) is 0 Å². The fourth-order valence-corrected chi connectivity index (χ4v) is 1.72. The summed E-state index contributed by atoms with van der Waals surface area (Å²) in [7, 11) is 0. The maximum atomic E-state index is 11.6. The highest BCUT2D eigenvalue weighted by Gasteiger charge is 2.07. The van der Waals surface area contributed by atoms with E-state index in [0.29, 0.717) is 18.0 Å². The van der Waals surface area contributed by atoms with Gasteiger partial charge in [-0.2, -0.15) is 0 Å². The van der Waals surface area contributed by atoms with Crippen molar-refractivity contribution in [3.05, 3.63) is 24.3 Å². The van der Waals surface area contributed by atoms with Crippen molar-refractivity contribution < 1.29 is 9.59 Å². The molecule has 1 aromatic rings. The number of halogens is 1. The van der Waals surface area contributed by atoms with Gasteiger partial charge < -0.3 is 16.4 Å². The molecule has 2 amide bonds. The highest BCUT2D eigenvalue weighted by molar-refractivity contribution is 5.93. The first-order chi connectivity index (χ1) is 9.36. The Labute approximate surface area is 132 Å². The van der Waals surface area contributed by atoms with Crippen LogP contribution in [0.1, 0.15) is 33.6 Å². The predicted molar refractivity (Wildman–Crippen MR) is 88.7 cm³/mol. The molecule has 0 radical (unpaired) electrons.